The van der Waals surface area contributed by atoms with E-state index in [1.807, 2.05) is 48.7 Å². The van der Waals surface area contributed by atoms with Crippen LogP contribution in [0, 0.1) is 0 Å². The summed E-state index contributed by atoms with van der Waals surface area (Å²) in [6.07, 6.45) is 1.87. The van der Waals surface area contributed by atoms with E-state index >= 15 is 0 Å². The van der Waals surface area contributed by atoms with Gasteiger partial charge in [0.1, 0.15) is 11.2 Å². The van der Waals surface area contributed by atoms with Crippen LogP contribution in [0.1, 0.15) is 0 Å². The summed E-state index contributed by atoms with van der Waals surface area (Å²) in [5, 5.41) is 8.57. The minimum atomic E-state index is 0.879. The smallest absolute Gasteiger partial charge is 0.144 e. The lowest BCUT2D eigenvalue weighted by molar-refractivity contribution is 0.673. The van der Waals surface area contributed by atoms with Gasteiger partial charge in [0.2, 0.25) is 0 Å². The van der Waals surface area contributed by atoms with Crippen LogP contribution < -0.4 is 0 Å². The van der Waals surface area contributed by atoms with Crippen LogP contribution in [0.15, 0.2) is 187 Å². The fraction of sp³-hybridized carbons (Fsp3) is 0. The van der Waals surface area contributed by atoms with E-state index in [-0.39, 0.29) is 0 Å². The van der Waals surface area contributed by atoms with E-state index < -0.39 is 0 Å². The molecule has 0 unspecified atom stereocenters. The first-order valence-corrected chi connectivity index (χ1v) is 19.1. The van der Waals surface area contributed by atoms with Crippen molar-refractivity contribution in [2.24, 2.45) is 0 Å². The predicted octanol–water partition coefficient (Wildman–Crippen LogP) is 13.6. The van der Waals surface area contributed by atoms with Crippen LogP contribution in [0.2, 0.25) is 0 Å². The summed E-state index contributed by atoms with van der Waals surface area (Å²) < 4.78 is 6.58. The van der Waals surface area contributed by atoms with Crippen molar-refractivity contribution in [2.45, 2.75) is 0 Å². The van der Waals surface area contributed by atoms with Crippen molar-refractivity contribution in [2.75, 3.05) is 0 Å². The molecule has 0 N–H and O–H groups in total. The highest BCUT2D eigenvalue weighted by Gasteiger charge is 2.19. The molecule has 0 saturated heterocycles. The van der Waals surface area contributed by atoms with Crippen molar-refractivity contribution in [1.29, 1.82) is 0 Å². The summed E-state index contributed by atoms with van der Waals surface area (Å²) in [5.41, 5.74) is 13.3. The Hall–Kier alpha value is -7.76. The fourth-order valence-corrected chi connectivity index (χ4v) is 8.59. The molecule has 5 aromatic heterocycles. The number of nitrogens with zero attached hydrogens (tertiary/aromatic N) is 4. The Morgan fingerprint density at radius 1 is 0.386 bits per heavy atom. The monoisotopic (exact) mass is 726 g/mol. The predicted molar refractivity (Wildman–Crippen MR) is 234 cm³/mol. The van der Waals surface area contributed by atoms with Gasteiger partial charge in [0.25, 0.3) is 0 Å². The van der Waals surface area contributed by atoms with Crippen LogP contribution in [0.4, 0.5) is 0 Å². The van der Waals surface area contributed by atoms with Crippen LogP contribution in [0.5, 0.6) is 0 Å². The first-order valence-electron chi connectivity index (χ1n) is 19.1. The maximum atomic E-state index is 6.58. The third kappa shape index (κ3) is 4.96. The Bertz CT molecular complexity index is 3590. The lowest BCUT2D eigenvalue weighted by Crippen LogP contribution is -1.93. The molecule has 0 aliphatic carbocycles. The number of aromatic nitrogens is 4. The molecule has 0 aliphatic rings. The Morgan fingerprint density at radius 3 is 1.93 bits per heavy atom. The summed E-state index contributed by atoms with van der Waals surface area (Å²) in [6, 6.07) is 61.1. The molecule has 0 spiro atoms. The van der Waals surface area contributed by atoms with Crippen molar-refractivity contribution in [3.63, 3.8) is 0 Å². The Kier molecular flexibility index (Phi) is 6.86. The number of hydrogen-bond donors (Lipinski definition) is 0. The molecule has 0 radical (unpaired) electrons. The maximum absolute atomic E-state index is 6.58. The van der Waals surface area contributed by atoms with Crippen molar-refractivity contribution < 1.29 is 4.42 Å². The topological polar surface area (TPSA) is 64.7 Å². The molecule has 0 amide bonds. The van der Waals surface area contributed by atoms with Gasteiger partial charge in [-0.2, -0.15) is 0 Å². The van der Waals surface area contributed by atoms with Gasteiger partial charge in [-0.3, -0.25) is 4.98 Å². The zero-order chi connectivity index (χ0) is 37.5. The molecule has 0 fully saturated rings. The zero-order valence-electron chi connectivity index (χ0n) is 30.5. The number of hydrogen-bond acceptors (Lipinski definition) is 5. The second kappa shape index (κ2) is 12.4. The van der Waals surface area contributed by atoms with Gasteiger partial charge >= 0.3 is 0 Å². The second-order valence-corrected chi connectivity index (χ2v) is 14.5. The molecule has 12 aromatic rings. The molecular formula is C52H30N4O. The number of fused-ring (bicyclic) bond motifs is 11. The minimum Gasteiger partial charge on any atom is -0.455 e. The highest BCUT2D eigenvalue weighted by molar-refractivity contribution is 6.24. The van der Waals surface area contributed by atoms with Crippen LogP contribution in [0.3, 0.4) is 0 Å². The molecule has 12 rings (SSSR count). The van der Waals surface area contributed by atoms with Crippen LogP contribution in [-0.2, 0) is 0 Å². The highest BCUT2D eigenvalue weighted by Crippen LogP contribution is 2.42. The first kappa shape index (κ1) is 31.6. The average molecular weight is 727 g/mol. The minimum absolute atomic E-state index is 0.879. The normalized spacial score (nSPS) is 11.9. The molecule has 0 aliphatic heterocycles. The van der Waals surface area contributed by atoms with Crippen molar-refractivity contribution in [1.82, 2.24) is 19.9 Å². The average Bonchev–Trinajstić information content (AvgIpc) is 3.67. The van der Waals surface area contributed by atoms with E-state index in [0.29, 0.717) is 0 Å². The third-order valence-corrected chi connectivity index (χ3v) is 11.3. The second-order valence-electron chi connectivity index (χ2n) is 14.5. The number of pyridine rings is 4. The maximum Gasteiger partial charge on any atom is 0.144 e. The molecule has 0 bridgehead atoms. The van der Waals surface area contributed by atoms with Gasteiger partial charge in [-0.05, 0) is 48.0 Å². The highest BCUT2D eigenvalue weighted by atomic mass is 16.3. The Morgan fingerprint density at radius 2 is 1.05 bits per heavy atom. The van der Waals surface area contributed by atoms with E-state index in [1.54, 1.807) is 0 Å². The molecule has 0 atom stereocenters. The molecule has 264 valence electrons. The summed E-state index contributed by atoms with van der Waals surface area (Å²) in [6.45, 7) is 0. The number of benzene rings is 7. The third-order valence-electron chi connectivity index (χ3n) is 11.3. The molecule has 5 nitrogen and oxygen atoms in total. The van der Waals surface area contributed by atoms with Crippen LogP contribution in [0.25, 0.3) is 121 Å². The van der Waals surface area contributed by atoms with Gasteiger partial charge in [0, 0.05) is 71.5 Å². The van der Waals surface area contributed by atoms with Gasteiger partial charge < -0.3 is 4.42 Å². The molecule has 5 heteroatoms. The van der Waals surface area contributed by atoms with E-state index in [4.69, 9.17) is 24.4 Å². The zero-order valence-corrected chi connectivity index (χ0v) is 30.5. The van der Waals surface area contributed by atoms with Gasteiger partial charge in [-0.25, -0.2) is 15.0 Å². The summed E-state index contributed by atoms with van der Waals surface area (Å²) in [4.78, 5) is 20.7. The fourth-order valence-electron chi connectivity index (χ4n) is 8.59. The van der Waals surface area contributed by atoms with E-state index in [2.05, 4.69) is 133 Å². The molecule has 57 heavy (non-hydrogen) atoms. The standard InChI is InChI=1S/C52H30N4O/c1-2-10-31(11-3-1)43-27-21-32-19-20-33-22-28-45(56-50(33)49(32)54-43)37-24-23-36(51-39(37)16-9-29-53-51)34-12-8-13-35(30-34)48-42-26-25-40-38-14-5-7-18-46(38)57-52(40)47(42)41-15-4-6-17-44(41)55-48/h1-30H. The van der Waals surface area contributed by atoms with E-state index in [9.17, 15) is 0 Å². The van der Waals surface area contributed by atoms with Gasteiger partial charge in [-0.15, -0.1) is 0 Å². The van der Waals surface area contributed by atoms with Crippen molar-refractivity contribution in [3.8, 4) is 44.9 Å². The summed E-state index contributed by atoms with van der Waals surface area (Å²) in [5.74, 6) is 0. The van der Waals surface area contributed by atoms with Crippen molar-refractivity contribution in [3.05, 3.63) is 182 Å². The Balaban J connectivity index is 1.01. The molecule has 0 saturated carbocycles. The molecule has 5 heterocycles. The number of para-hydroxylation sites is 2. The SMILES string of the molecule is c1ccc(-c2ccc3ccc4ccc(-c5ccc(-c6cccc(-c7nc8ccccc8c8c7ccc7c9ccccc9oc78)c6)c6ncccc56)nc4c3n2)cc1. The van der Waals surface area contributed by atoms with Crippen molar-refractivity contribution >= 4 is 76.3 Å². The summed E-state index contributed by atoms with van der Waals surface area (Å²) in [7, 11) is 0. The van der Waals surface area contributed by atoms with Gasteiger partial charge in [0.15, 0.2) is 0 Å². The molecular weight excluding hydrogens is 697 g/mol. The first-order chi connectivity index (χ1) is 28.2. The Labute approximate surface area is 326 Å². The summed E-state index contributed by atoms with van der Waals surface area (Å²) >= 11 is 0. The largest absolute Gasteiger partial charge is 0.455 e. The van der Waals surface area contributed by atoms with Gasteiger partial charge in [0.05, 0.1) is 39.1 Å². The van der Waals surface area contributed by atoms with E-state index in [1.165, 1.54) is 0 Å². The van der Waals surface area contributed by atoms with E-state index in [0.717, 1.165) is 121 Å². The van der Waals surface area contributed by atoms with Gasteiger partial charge in [-0.1, -0.05) is 133 Å². The lowest BCUT2D eigenvalue weighted by atomic mass is 9.93. The lowest BCUT2D eigenvalue weighted by Gasteiger charge is -2.14. The number of furan rings is 1. The van der Waals surface area contributed by atoms with Crippen LogP contribution in [-0.4, -0.2) is 19.9 Å². The van der Waals surface area contributed by atoms with Crippen LogP contribution >= 0.6 is 0 Å². The quantitative estimate of drug-likeness (QED) is 0.169. The number of rotatable bonds is 4. The molecule has 7 aromatic carbocycles.